The number of thioether (sulfide) groups is 1. The quantitative estimate of drug-likeness (QED) is 0.0407. The minimum atomic E-state index is -1.64. The first-order valence-electron chi connectivity index (χ1n) is 20.0. The van der Waals surface area contributed by atoms with Gasteiger partial charge in [-0.05, 0) is 31.9 Å². The number of hydrogen-bond donors (Lipinski definition) is 4. The molecule has 3 aliphatic heterocycles. The molecule has 3 saturated heterocycles. The number of aryl methyl sites for hydroxylation is 2. The highest BCUT2D eigenvalue weighted by atomic mass is 32.2. The number of nitrogens with zero attached hydrogens (tertiary/aromatic N) is 7. The summed E-state index contributed by atoms with van der Waals surface area (Å²) in [7, 11) is 0. The summed E-state index contributed by atoms with van der Waals surface area (Å²) >= 11 is 1.22. The van der Waals surface area contributed by atoms with Crippen LogP contribution in [-0.4, -0.2) is 114 Å². The molecular weight excluding hydrogens is 890 g/mol. The number of halogens is 1. The number of hydrogen-bond acceptors (Lipinski definition) is 19. The van der Waals surface area contributed by atoms with Gasteiger partial charge in [-0.15, -0.1) is 11.8 Å². The van der Waals surface area contributed by atoms with Gasteiger partial charge in [0.25, 0.3) is 11.1 Å². The van der Waals surface area contributed by atoms with Crippen LogP contribution in [0.3, 0.4) is 0 Å². The minimum absolute atomic E-state index is 0.00807. The van der Waals surface area contributed by atoms with Gasteiger partial charge in [-0.25, -0.2) is 23.6 Å². The van der Waals surface area contributed by atoms with Crippen LogP contribution in [-0.2, 0) is 47.6 Å². The molecule has 3 aromatic heterocycles. The molecule has 0 spiro atoms. The van der Waals surface area contributed by atoms with E-state index in [0.717, 1.165) is 9.13 Å². The molecule has 9 atom stereocenters. The van der Waals surface area contributed by atoms with E-state index in [1.165, 1.54) is 54.8 Å². The third-order valence-corrected chi connectivity index (χ3v) is 11.5. The molecule has 6 heterocycles. The second kappa shape index (κ2) is 21.4. The van der Waals surface area contributed by atoms with E-state index in [1.54, 1.807) is 0 Å². The van der Waals surface area contributed by atoms with Crippen molar-refractivity contribution in [3.63, 3.8) is 0 Å². The molecule has 26 nitrogen and oxygen atoms in total. The Morgan fingerprint density at radius 3 is 2.15 bits per heavy atom. The van der Waals surface area contributed by atoms with Gasteiger partial charge in [0.1, 0.15) is 74.2 Å². The lowest BCUT2D eigenvalue weighted by Gasteiger charge is -2.20. The van der Waals surface area contributed by atoms with Gasteiger partial charge in [0.15, 0.2) is 0 Å². The third-order valence-electron chi connectivity index (χ3n) is 10.4. The van der Waals surface area contributed by atoms with E-state index in [-0.39, 0.29) is 48.6 Å². The molecule has 0 saturated carbocycles. The highest BCUT2D eigenvalue weighted by Gasteiger charge is 2.39. The molecule has 6 rings (SSSR count). The number of aromatic amines is 2. The number of nitrogens with one attached hydrogen (secondary N) is 3. The number of esters is 3. The number of anilines is 1. The Morgan fingerprint density at radius 2 is 1.51 bits per heavy atom. The average molecular weight is 934 g/mol. The van der Waals surface area contributed by atoms with Crippen LogP contribution < -0.4 is 39.2 Å². The summed E-state index contributed by atoms with van der Waals surface area (Å²) < 4.78 is 51.3. The molecule has 350 valence electrons. The smallest absolute Gasteiger partial charge is 0.351 e. The fourth-order valence-corrected chi connectivity index (χ4v) is 7.88. The standard InChI is InChI=1S/C37H44FN11O15S/c1-17-11-48(36(57)43-32(17)53)26-9-19(38)22(62-26)13-59-30(52)6-4-25(50)41-20(34(55)61-15-31-64-28(16-65-31)47-8-7-24(39)42-35(47)56)3-5-29(51)60-14-23-21(45-46-40)10-27(63-23)49-12-18(2)33(54)44-37(49)58/h7-8,11-12,19-23,26-28,31H,3-6,9-10,13-16H2,1-2H3,(H,41,50)(H2,39,42,56)(H,43,53,57)(H,44,54,58)/t19-,20-,21?,22+,23+,26+,27+,28-,31+/m0/s1. The van der Waals surface area contributed by atoms with E-state index >= 15 is 0 Å². The maximum atomic E-state index is 14.8. The van der Waals surface area contributed by atoms with Crippen LogP contribution >= 0.6 is 11.8 Å². The Hall–Kier alpha value is -6.61. The molecule has 28 heteroatoms. The highest BCUT2D eigenvalue weighted by Crippen LogP contribution is 2.33. The summed E-state index contributed by atoms with van der Waals surface area (Å²) in [6.45, 7) is 1.60. The first-order valence-corrected chi connectivity index (χ1v) is 21.1. The van der Waals surface area contributed by atoms with Crippen molar-refractivity contribution >= 4 is 41.4 Å². The molecule has 0 aromatic carbocycles. The molecule has 3 aliphatic rings. The topological polar surface area (TPSA) is 355 Å². The summed E-state index contributed by atoms with van der Waals surface area (Å²) in [6, 6.07) is -0.933. The van der Waals surface area contributed by atoms with Crippen LogP contribution in [0.25, 0.3) is 10.4 Å². The molecule has 65 heavy (non-hydrogen) atoms. The number of ether oxygens (including phenoxy) is 6. The Kier molecular flexibility index (Phi) is 15.7. The maximum absolute atomic E-state index is 14.8. The van der Waals surface area contributed by atoms with Gasteiger partial charge in [-0.3, -0.25) is 47.6 Å². The molecule has 0 radical (unpaired) electrons. The van der Waals surface area contributed by atoms with Crippen LogP contribution in [0.5, 0.6) is 0 Å². The van der Waals surface area contributed by atoms with E-state index in [1.807, 2.05) is 0 Å². The summed E-state index contributed by atoms with van der Waals surface area (Å²) in [6.07, 6.45) is -4.91. The van der Waals surface area contributed by atoms with Gasteiger partial charge in [-0.1, -0.05) is 5.11 Å². The summed E-state index contributed by atoms with van der Waals surface area (Å²) in [4.78, 5) is 123. The Labute approximate surface area is 368 Å². The van der Waals surface area contributed by atoms with Crippen molar-refractivity contribution in [2.45, 2.75) is 107 Å². The minimum Gasteiger partial charge on any atom is -0.463 e. The average Bonchev–Trinajstić information content (AvgIpc) is 4.00. The van der Waals surface area contributed by atoms with E-state index in [9.17, 15) is 47.5 Å². The number of carbonyl (C=O) groups is 4. The molecule has 0 aliphatic carbocycles. The first-order chi connectivity index (χ1) is 31.0. The third kappa shape index (κ3) is 12.4. The first kappa shape index (κ1) is 47.9. The zero-order valence-corrected chi connectivity index (χ0v) is 35.5. The normalized spacial score (nSPS) is 24.2. The number of nitrogen functional groups attached to an aromatic ring is 1. The van der Waals surface area contributed by atoms with Gasteiger partial charge in [-0.2, -0.15) is 4.98 Å². The number of amides is 1. The Morgan fingerprint density at radius 1 is 0.892 bits per heavy atom. The molecule has 1 amide bonds. The largest absolute Gasteiger partial charge is 0.463 e. The number of nitrogens with two attached hydrogens (primary N) is 1. The fourth-order valence-electron chi connectivity index (χ4n) is 6.89. The van der Waals surface area contributed by atoms with Crippen LogP contribution in [0.2, 0.25) is 0 Å². The predicted molar refractivity (Wildman–Crippen MR) is 220 cm³/mol. The lowest BCUT2D eigenvalue weighted by molar-refractivity contribution is -0.153. The zero-order valence-electron chi connectivity index (χ0n) is 34.7. The van der Waals surface area contributed by atoms with Gasteiger partial charge in [0.2, 0.25) is 5.91 Å². The van der Waals surface area contributed by atoms with Gasteiger partial charge < -0.3 is 39.5 Å². The van der Waals surface area contributed by atoms with Crippen molar-refractivity contribution in [2.75, 3.05) is 31.3 Å². The Balaban J connectivity index is 1.02. The van der Waals surface area contributed by atoms with Crippen molar-refractivity contribution in [1.29, 1.82) is 0 Å². The number of rotatable bonds is 18. The monoisotopic (exact) mass is 933 g/mol. The number of aromatic nitrogens is 6. The van der Waals surface area contributed by atoms with Crippen molar-refractivity contribution < 1.29 is 52.0 Å². The zero-order chi connectivity index (χ0) is 46.9. The number of H-pyrrole nitrogens is 2. The summed E-state index contributed by atoms with van der Waals surface area (Å²) in [5, 5.41) is 6.11. The van der Waals surface area contributed by atoms with Crippen LogP contribution in [0.4, 0.5) is 10.2 Å². The van der Waals surface area contributed by atoms with Gasteiger partial charge >= 0.3 is 35.0 Å². The molecule has 3 aromatic rings. The lowest BCUT2D eigenvalue weighted by atomic mass is 10.1. The van der Waals surface area contributed by atoms with E-state index in [2.05, 4.69) is 30.3 Å². The van der Waals surface area contributed by atoms with Gasteiger partial charge in [0, 0.05) is 66.1 Å². The lowest BCUT2D eigenvalue weighted by Crippen LogP contribution is -2.43. The summed E-state index contributed by atoms with van der Waals surface area (Å²) in [5.74, 6) is -3.30. The predicted octanol–water partition coefficient (Wildman–Crippen LogP) is -0.602. The second-order valence-electron chi connectivity index (χ2n) is 15.0. The highest BCUT2D eigenvalue weighted by molar-refractivity contribution is 8.00. The maximum Gasteiger partial charge on any atom is 0.351 e. The van der Waals surface area contributed by atoms with Crippen molar-refractivity contribution in [3.8, 4) is 0 Å². The van der Waals surface area contributed by atoms with Crippen LogP contribution in [0, 0.1) is 13.8 Å². The number of alkyl halides is 1. The molecule has 1 unspecified atom stereocenters. The van der Waals surface area contributed by atoms with Crippen molar-refractivity contribution in [3.05, 3.63) is 98.4 Å². The second-order valence-corrected chi connectivity index (χ2v) is 16.2. The van der Waals surface area contributed by atoms with E-state index in [0.29, 0.717) is 0 Å². The van der Waals surface area contributed by atoms with E-state index < -0.39 is 139 Å². The summed E-state index contributed by atoms with van der Waals surface area (Å²) in [5.41, 5.74) is 10.9. The van der Waals surface area contributed by atoms with E-state index in [4.69, 9.17) is 39.7 Å². The molecule has 0 bridgehead atoms. The molecule has 5 N–H and O–H groups in total. The number of azide groups is 1. The van der Waals surface area contributed by atoms with Crippen LogP contribution in [0.15, 0.2) is 53.7 Å². The van der Waals surface area contributed by atoms with Gasteiger partial charge in [0.05, 0.1) is 12.5 Å². The Bertz CT molecular complexity index is 2630. The molecule has 3 fully saturated rings. The molecular formula is C37H44FN11O15S. The SMILES string of the molecule is Cc1cn([C@H]2CC(N=[N+]=[N-])[C@@H](COC(=O)CC[C@H](NC(=O)CCC(=O)OC[C@H]3O[C@@H](n4cc(C)c(=O)[nH]c4=O)C[C@@H]3F)C(=O)OC[C@@H]3O[C@H](n4ccc(N)nc4=O)CS3)O2)c(=O)[nH]c1=O. The van der Waals surface area contributed by atoms with Crippen LogP contribution in [0.1, 0.15) is 68.3 Å². The van der Waals surface area contributed by atoms with Crippen molar-refractivity contribution in [1.82, 2.24) is 34.0 Å². The fraction of sp³-hybridized carbons (Fsp3) is 0.568. The number of carbonyl (C=O) groups excluding carboxylic acids is 4. The van der Waals surface area contributed by atoms with Crippen molar-refractivity contribution in [2.24, 2.45) is 5.11 Å².